The van der Waals surface area contributed by atoms with Gasteiger partial charge in [0.2, 0.25) is 5.91 Å². The van der Waals surface area contributed by atoms with E-state index in [9.17, 15) is 39.2 Å². The Morgan fingerprint density at radius 1 is 0.786 bits per heavy atom. The molecule has 220 valence electrons. The largest absolute Gasteiger partial charge is 0.417 e. The van der Waals surface area contributed by atoms with Crippen LogP contribution in [-0.2, 0) is 31.0 Å². The predicted molar refractivity (Wildman–Crippen MR) is 150 cm³/mol. The van der Waals surface area contributed by atoms with Crippen LogP contribution in [0.4, 0.5) is 34.6 Å². The Kier molecular flexibility index (Phi) is 8.80. The molecule has 2 N–H and O–H groups in total. The van der Waals surface area contributed by atoms with Crippen LogP contribution >= 0.6 is 11.6 Å². The lowest BCUT2D eigenvalue weighted by Gasteiger charge is -2.24. The molecule has 0 atom stereocenters. The van der Waals surface area contributed by atoms with E-state index in [1.54, 1.807) is 18.2 Å². The van der Waals surface area contributed by atoms with Crippen molar-refractivity contribution in [1.29, 1.82) is 0 Å². The summed E-state index contributed by atoms with van der Waals surface area (Å²) in [6.07, 6.45) is -4.80. The number of anilines is 3. The van der Waals surface area contributed by atoms with Gasteiger partial charge >= 0.3 is 6.18 Å². The van der Waals surface area contributed by atoms with Gasteiger partial charge in [0.15, 0.2) is 0 Å². The zero-order chi connectivity index (χ0) is 30.7. The number of hydrogen-bond donors (Lipinski definition) is 2. The van der Waals surface area contributed by atoms with Crippen LogP contribution in [0.5, 0.6) is 0 Å². The van der Waals surface area contributed by atoms with Crippen LogP contribution in [-0.4, -0.2) is 29.3 Å². The number of carbonyl (C=O) groups excluding carboxylic acids is 1. The minimum absolute atomic E-state index is 0.108. The number of halogens is 5. The van der Waals surface area contributed by atoms with Crippen LogP contribution in [0, 0.1) is 5.82 Å². The molecule has 0 spiro atoms. The first kappa shape index (κ1) is 30.8. The highest BCUT2D eigenvalue weighted by Gasteiger charge is 2.34. The molecule has 0 bridgehead atoms. The molecule has 0 fully saturated rings. The topological polar surface area (TPSA) is 113 Å². The summed E-state index contributed by atoms with van der Waals surface area (Å²) in [5.41, 5.74) is -1.31. The number of para-hydroxylation sites is 1. The van der Waals surface area contributed by atoms with Crippen molar-refractivity contribution in [2.45, 2.75) is 16.0 Å². The maximum Gasteiger partial charge on any atom is 0.417 e. The van der Waals surface area contributed by atoms with Crippen LogP contribution in [0.1, 0.15) is 5.56 Å². The van der Waals surface area contributed by atoms with E-state index in [-0.39, 0.29) is 26.9 Å². The van der Waals surface area contributed by atoms with E-state index in [1.807, 2.05) is 4.72 Å². The molecule has 0 radical (unpaired) electrons. The molecule has 42 heavy (non-hydrogen) atoms. The minimum Gasteiger partial charge on any atom is -0.325 e. The van der Waals surface area contributed by atoms with Gasteiger partial charge in [-0.3, -0.25) is 13.8 Å². The van der Waals surface area contributed by atoms with Gasteiger partial charge in [-0.2, -0.15) is 13.2 Å². The average molecular weight is 642 g/mol. The Morgan fingerprint density at radius 3 is 1.95 bits per heavy atom. The van der Waals surface area contributed by atoms with E-state index in [1.165, 1.54) is 24.3 Å². The van der Waals surface area contributed by atoms with Gasteiger partial charge in [0.05, 0.1) is 26.1 Å². The molecule has 8 nitrogen and oxygen atoms in total. The molecule has 0 heterocycles. The van der Waals surface area contributed by atoms with Crippen molar-refractivity contribution in [2.75, 3.05) is 20.9 Å². The van der Waals surface area contributed by atoms with E-state index >= 15 is 0 Å². The van der Waals surface area contributed by atoms with Crippen LogP contribution in [0.2, 0.25) is 5.02 Å². The number of hydrogen-bond acceptors (Lipinski definition) is 5. The number of nitrogens with one attached hydrogen (secondary N) is 2. The summed E-state index contributed by atoms with van der Waals surface area (Å²) in [4.78, 5) is 12.3. The maximum absolute atomic E-state index is 13.4. The first-order valence-corrected chi connectivity index (χ1v) is 15.1. The molecule has 0 aromatic heterocycles. The third kappa shape index (κ3) is 7.19. The third-order valence-corrected chi connectivity index (χ3v) is 9.22. The highest BCUT2D eigenvalue weighted by molar-refractivity contribution is 7.93. The highest BCUT2D eigenvalue weighted by atomic mass is 35.5. The Morgan fingerprint density at radius 2 is 1.36 bits per heavy atom. The third-order valence-electron chi connectivity index (χ3n) is 5.71. The SMILES string of the molecule is O=C(CN(c1ccccc1)S(=O)(=O)c1ccc(F)cc1)Nc1ccc(S(=O)(=O)Nc2ccc(Cl)c(C(F)(F)F)c2)cc1. The summed E-state index contributed by atoms with van der Waals surface area (Å²) < 4.78 is 108. The molecule has 0 unspecified atom stereocenters. The van der Waals surface area contributed by atoms with E-state index in [0.29, 0.717) is 6.07 Å². The lowest BCUT2D eigenvalue weighted by molar-refractivity contribution is -0.137. The molecule has 0 aliphatic rings. The van der Waals surface area contributed by atoms with Crippen molar-refractivity contribution in [3.05, 3.63) is 113 Å². The van der Waals surface area contributed by atoms with Crippen molar-refractivity contribution < 1.29 is 39.2 Å². The molecular weight excluding hydrogens is 622 g/mol. The van der Waals surface area contributed by atoms with Gasteiger partial charge in [-0.15, -0.1) is 0 Å². The molecule has 0 aliphatic carbocycles. The number of sulfonamides is 2. The van der Waals surface area contributed by atoms with Gasteiger partial charge in [0, 0.05) is 11.4 Å². The van der Waals surface area contributed by atoms with Crippen LogP contribution < -0.4 is 14.3 Å². The first-order chi connectivity index (χ1) is 19.7. The van der Waals surface area contributed by atoms with Crippen molar-refractivity contribution in [3.63, 3.8) is 0 Å². The van der Waals surface area contributed by atoms with Crippen molar-refractivity contribution in [2.24, 2.45) is 0 Å². The quantitative estimate of drug-likeness (QED) is 0.214. The fraction of sp³-hybridized carbons (Fsp3) is 0.0741. The first-order valence-electron chi connectivity index (χ1n) is 11.8. The second kappa shape index (κ2) is 12.0. The van der Waals surface area contributed by atoms with Gasteiger partial charge in [0.1, 0.15) is 12.4 Å². The van der Waals surface area contributed by atoms with Crippen molar-refractivity contribution >= 4 is 54.6 Å². The van der Waals surface area contributed by atoms with Crippen molar-refractivity contribution in [3.8, 4) is 0 Å². The summed E-state index contributed by atoms with van der Waals surface area (Å²) in [5.74, 6) is -1.42. The Balaban J connectivity index is 1.51. The average Bonchev–Trinajstić information content (AvgIpc) is 2.93. The molecule has 0 saturated carbocycles. The summed E-state index contributed by atoms with van der Waals surface area (Å²) in [6, 6.07) is 19.0. The van der Waals surface area contributed by atoms with Crippen molar-refractivity contribution in [1.82, 2.24) is 0 Å². The molecule has 15 heteroatoms. The zero-order valence-corrected chi connectivity index (χ0v) is 23.5. The fourth-order valence-electron chi connectivity index (χ4n) is 3.71. The normalized spacial score (nSPS) is 12.0. The Bertz CT molecular complexity index is 1800. The van der Waals surface area contributed by atoms with E-state index < -0.39 is 55.1 Å². The number of rotatable bonds is 9. The monoisotopic (exact) mass is 641 g/mol. The second-order valence-electron chi connectivity index (χ2n) is 8.67. The number of amides is 1. The fourth-order valence-corrected chi connectivity index (χ4v) is 6.41. The van der Waals surface area contributed by atoms with Crippen LogP contribution in [0.25, 0.3) is 0 Å². The number of benzene rings is 4. The van der Waals surface area contributed by atoms with Gasteiger partial charge in [-0.1, -0.05) is 29.8 Å². The predicted octanol–water partition coefficient (Wildman–Crippen LogP) is 6.13. The summed E-state index contributed by atoms with van der Waals surface area (Å²) in [7, 11) is -8.62. The zero-order valence-electron chi connectivity index (χ0n) is 21.1. The van der Waals surface area contributed by atoms with Gasteiger partial charge in [-0.25, -0.2) is 21.2 Å². The Labute approximate surface area is 243 Å². The lowest BCUT2D eigenvalue weighted by atomic mass is 10.2. The molecule has 0 aliphatic heterocycles. The Hall–Kier alpha value is -4.14. The van der Waals surface area contributed by atoms with Crippen LogP contribution in [0.3, 0.4) is 0 Å². The van der Waals surface area contributed by atoms with Gasteiger partial charge < -0.3 is 5.32 Å². The molecule has 4 aromatic carbocycles. The van der Waals surface area contributed by atoms with E-state index in [2.05, 4.69) is 5.32 Å². The minimum atomic E-state index is -4.80. The highest BCUT2D eigenvalue weighted by Crippen LogP contribution is 2.36. The molecule has 4 aromatic rings. The number of carbonyl (C=O) groups is 1. The van der Waals surface area contributed by atoms with Gasteiger partial charge in [-0.05, 0) is 78.9 Å². The standard InChI is InChI=1S/C27H20ClF4N3O5S2/c28-25-15-10-20(16-24(25)27(30,31)32)34-41(37,38)22-13-8-19(9-14-22)33-26(36)17-35(21-4-2-1-3-5-21)42(39,40)23-11-6-18(29)7-12-23/h1-16,34H,17H2,(H,33,36). The summed E-state index contributed by atoms with van der Waals surface area (Å²) in [5, 5.41) is 1.88. The van der Waals surface area contributed by atoms with Gasteiger partial charge in [0.25, 0.3) is 20.0 Å². The van der Waals surface area contributed by atoms with E-state index in [4.69, 9.17) is 11.6 Å². The number of alkyl halides is 3. The summed E-state index contributed by atoms with van der Waals surface area (Å²) >= 11 is 5.57. The van der Waals surface area contributed by atoms with E-state index in [0.717, 1.165) is 52.8 Å². The molecular formula is C27H20ClF4N3O5S2. The number of nitrogens with zero attached hydrogens (tertiary/aromatic N) is 1. The van der Waals surface area contributed by atoms with Crippen LogP contribution in [0.15, 0.2) is 107 Å². The summed E-state index contributed by atoms with van der Waals surface area (Å²) in [6.45, 7) is -0.677. The molecule has 1 amide bonds. The molecule has 4 rings (SSSR count). The smallest absolute Gasteiger partial charge is 0.325 e. The lowest BCUT2D eigenvalue weighted by Crippen LogP contribution is -2.38. The molecule has 0 saturated heterocycles. The maximum atomic E-state index is 13.4. The second-order valence-corrected chi connectivity index (χ2v) is 12.6.